The summed E-state index contributed by atoms with van der Waals surface area (Å²) in [4.78, 5) is 24.8. The highest BCUT2D eigenvalue weighted by molar-refractivity contribution is 6.74. The van der Waals surface area contributed by atoms with Gasteiger partial charge >= 0.3 is 5.97 Å². The van der Waals surface area contributed by atoms with E-state index in [0.717, 1.165) is 37.7 Å². The van der Waals surface area contributed by atoms with Crippen LogP contribution in [0, 0.1) is 5.92 Å². The molecule has 0 spiro atoms. The van der Waals surface area contributed by atoms with Crippen molar-refractivity contribution < 1.29 is 18.8 Å². The van der Waals surface area contributed by atoms with Crippen LogP contribution >= 0.6 is 0 Å². The van der Waals surface area contributed by atoms with E-state index in [0.29, 0.717) is 0 Å². The quantitative estimate of drug-likeness (QED) is 0.556. The summed E-state index contributed by atoms with van der Waals surface area (Å²) >= 11 is 0. The van der Waals surface area contributed by atoms with E-state index in [1.54, 1.807) is 0 Å². The van der Waals surface area contributed by atoms with Gasteiger partial charge in [0.25, 0.3) is 0 Å². The van der Waals surface area contributed by atoms with Gasteiger partial charge in [0.05, 0.1) is 25.6 Å². The molecular weight excluding hydrogens is 320 g/mol. The summed E-state index contributed by atoms with van der Waals surface area (Å²) in [5, 5.41) is 0.0694. The fourth-order valence-electron chi connectivity index (χ4n) is 3.42. The molecule has 136 valence electrons. The zero-order valence-corrected chi connectivity index (χ0v) is 17.0. The van der Waals surface area contributed by atoms with E-state index in [1.807, 2.05) is 0 Å². The zero-order chi connectivity index (χ0) is 18.1. The number of carbonyl (C=O) groups is 2. The maximum Gasteiger partial charge on any atom is 0.306 e. The van der Waals surface area contributed by atoms with Gasteiger partial charge < -0.3 is 9.16 Å². The Morgan fingerprint density at radius 3 is 2.38 bits per heavy atom. The molecule has 0 saturated heterocycles. The first kappa shape index (κ1) is 19.4. The van der Waals surface area contributed by atoms with E-state index in [4.69, 9.17) is 9.16 Å². The lowest BCUT2D eigenvalue weighted by Crippen LogP contribution is -2.46. The Balaban J connectivity index is 2.34. The Kier molecular flexibility index (Phi) is 5.75. The van der Waals surface area contributed by atoms with Crippen LogP contribution in [0.2, 0.25) is 18.1 Å². The Hall–Kier alpha value is -0.943. The molecule has 0 fully saturated rings. The lowest BCUT2D eigenvalue weighted by molar-refractivity contribution is -0.144. The average Bonchev–Trinajstić information content (AvgIpc) is 2.68. The van der Waals surface area contributed by atoms with Crippen LogP contribution in [0.1, 0.15) is 59.3 Å². The third kappa shape index (κ3) is 3.83. The second-order valence-electron chi connectivity index (χ2n) is 8.61. The highest BCUT2D eigenvalue weighted by Crippen LogP contribution is 2.45. The van der Waals surface area contributed by atoms with Crippen molar-refractivity contribution in [2.45, 2.75) is 83.5 Å². The molecule has 2 atom stereocenters. The van der Waals surface area contributed by atoms with Gasteiger partial charge in [-0.3, -0.25) is 9.59 Å². The van der Waals surface area contributed by atoms with Gasteiger partial charge in [-0.15, -0.1) is 0 Å². The molecular formula is C19H32O4Si. The van der Waals surface area contributed by atoms with E-state index < -0.39 is 14.2 Å². The van der Waals surface area contributed by atoms with Gasteiger partial charge in [0.2, 0.25) is 0 Å². The van der Waals surface area contributed by atoms with Gasteiger partial charge in [-0.25, -0.2) is 0 Å². The van der Waals surface area contributed by atoms with Crippen LogP contribution in [0.3, 0.4) is 0 Å². The maximum absolute atomic E-state index is 13.0. The van der Waals surface area contributed by atoms with Gasteiger partial charge in [-0.1, -0.05) is 27.2 Å². The van der Waals surface area contributed by atoms with E-state index in [-0.39, 0.29) is 29.3 Å². The summed E-state index contributed by atoms with van der Waals surface area (Å²) in [7, 11) is -0.655. The number of Topliss-reactive ketones (excluding diaryl/α,β-unsaturated/α-hetero) is 1. The first-order valence-corrected chi connectivity index (χ1v) is 12.0. The van der Waals surface area contributed by atoms with Gasteiger partial charge in [0.15, 0.2) is 14.1 Å². The minimum Gasteiger partial charge on any atom is -0.469 e. The molecule has 0 aromatic carbocycles. The first-order chi connectivity index (χ1) is 11.1. The summed E-state index contributed by atoms with van der Waals surface area (Å²) in [5.74, 6) is -0.592. The SMILES string of the molecule is COC(=O)C[C@@H]1C(=O)C2=C(CCCCC2)[C@H]1O[Si](C)(C)C(C)(C)C. The smallest absolute Gasteiger partial charge is 0.306 e. The van der Waals surface area contributed by atoms with Gasteiger partial charge in [-0.2, -0.15) is 0 Å². The van der Waals surface area contributed by atoms with E-state index in [1.165, 1.54) is 12.7 Å². The molecule has 0 amide bonds. The molecule has 0 N–H and O–H groups in total. The molecule has 0 heterocycles. The Morgan fingerprint density at radius 2 is 1.79 bits per heavy atom. The molecule has 2 aliphatic carbocycles. The third-order valence-corrected chi connectivity index (χ3v) is 10.4. The number of esters is 1. The second kappa shape index (κ2) is 7.12. The summed E-state index contributed by atoms with van der Waals surface area (Å²) in [6, 6.07) is 0. The summed E-state index contributed by atoms with van der Waals surface area (Å²) in [6.07, 6.45) is 4.99. The van der Waals surface area contributed by atoms with Crippen LogP contribution in [-0.4, -0.2) is 33.3 Å². The van der Waals surface area contributed by atoms with E-state index >= 15 is 0 Å². The molecule has 0 unspecified atom stereocenters. The van der Waals surface area contributed by atoms with Crippen LogP contribution in [0.15, 0.2) is 11.1 Å². The van der Waals surface area contributed by atoms with Crippen molar-refractivity contribution in [2.75, 3.05) is 7.11 Å². The lowest BCUT2D eigenvalue weighted by Gasteiger charge is -2.40. The number of ether oxygens (including phenoxy) is 1. The number of ketones is 1. The first-order valence-electron chi connectivity index (χ1n) is 9.09. The number of carbonyl (C=O) groups excluding carboxylic acids is 2. The maximum atomic E-state index is 13.0. The fraction of sp³-hybridized carbons (Fsp3) is 0.789. The monoisotopic (exact) mass is 352 g/mol. The van der Waals surface area contributed by atoms with Gasteiger partial charge in [0.1, 0.15) is 0 Å². The van der Waals surface area contributed by atoms with Crippen molar-refractivity contribution >= 4 is 20.1 Å². The minimum absolute atomic E-state index is 0.0694. The summed E-state index contributed by atoms with van der Waals surface area (Å²) < 4.78 is 11.5. The average molecular weight is 353 g/mol. The molecule has 0 aromatic heterocycles. The van der Waals surface area contributed by atoms with E-state index in [2.05, 4.69) is 33.9 Å². The largest absolute Gasteiger partial charge is 0.469 e. The van der Waals surface area contributed by atoms with Gasteiger partial charge in [-0.05, 0) is 55.0 Å². The molecule has 0 saturated carbocycles. The molecule has 2 rings (SSSR count). The molecule has 24 heavy (non-hydrogen) atoms. The highest BCUT2D eigenvalue weighted by atomic mass is 28.4. The standard InChI is InChI=1S/C19H32O4Si/c1-19(2,3)24(5,6)23-18-14-11-9-7-8-10-13(14)17(21)15(18)12-16(20)22-4/h15,18H,7-12H2,1-6H3/t15-,18-/m1/s1. The number of hydrogen-bond donors (Lipinski definition) is 0. The second-order valence-corrected chi connectivity index (χ2v) is 13.4. The normalized spacial score (nSPS) is 25.5. The minimum atomic E-state index is -2.03. The molecule has 5 heteroatoms. The van der Waals surface area contributed by atoms with Crippen molar-refractivity contribution in [3.8, 4) is 0 Å². The molecule has 0 bridgehead atoms. The predicted octanol–water partition coefficient (Wildman–Crippen LogP) is 4.40. The van der Waals surface area contributed by atoms with Crippen LogP contribution in [-0.2, 0) is 18.8 Å². The van der Waals surface area contributed by atoms with Gasteiger partial charge in [0, 0.05) is 0 Å². The number of rotatable bonds is 4. The zero-order valence-electron chi connectivity index (χ0n) is 16.0. The van der Waals surface area contributed by atoms with Crippen molar-refractivity contribution in [1.82, 2.24) is 0 Å². The van der Waals surface area contributed by atoms with Crippen molar-refractivity contribution in [3.05, 3.63) is 11.1 Å². The van der Waals surface area contributed by atoms with E-state index in [9.17, 15) is 9.59 Å². The van der Waals surface area contributed by atoms with Crippen LogP contribution in [0.25, 0.3) is 0 Å². The van der Waals surface area contributed by atoms with Crippen LogP contribution in [0.5, 0.6) is 0 Å². The Morgan fingerprint density at radius 1 is 1.17 bits per heavy atom. The molecule has 4 nitrogen and oxygen atoms in total. The van der Waals surface area contributed by atoms with Crippen molar-refractivity contribution in [3.63, 3.8) is 0 Å². The Bertz CT molecular complexity index is 542. The molecule has 2 aliphatic rings. The van der Waals surface area contributed by atoms with Crippen LogP contribution < -0.4 is 0 Å². The fourth-order valence-corrected chi connectivity index (χ4v) is 4.71. The predicted molar refractivity (Wildman–Crippen MR) is 97.3 cm³/mol. The molecule has 0 aliphatic heterocycles. The van der Waals surface area contributed by atoms with Crippen LogP contribution in [0.4, 0.5) is 0 Å². The number of allylic oxidation sites excluding steroid dienone is 1. The number of hydrogen-bond acceptors (Lipinski definition) is 4. The topological polar surface area (TPSA) is 52.6 Å². The molecule has 0 aromatic rings. The Labute approximate surface area is 147 Å². The van der Waals surface area contributed by atoms with Crippen molar-refractivity contribution in [2.24, 2.45) is 5.92 Å². The van der Waals surface area contributed by atoms with Crippen molar-refractivity contribution in [1.29, 1.82) is 0 Å². The number of methoxy groups -OCH3 is 1. The summed E-state index contributed by atoms with van der Waals surface area (Å²) in [6.45, 7) is 11.0. The highest BCUT2D eigenvalue weighted by Gasteiger charge is 2.48. The summed E-state index contributed by atoms with van der Waals surface area (Å²) in [5.41, 5.74) is 2.13. The molecule has 0 radical (unpaired) electrons. The third-order valence-electron chi connectivity index (χ3n) is 5.95. The lowest BCUT2D eigenvalue weighted by atomic mass is 9.94.